The summed E-state index contributed by atoms with van der Waals surface area (Å²) in [5, 5.41) is 5.54. The number of hydrogen-bond acceptors (Lipinski definition) is 3. The fraction of sp³-hybridized carbons (Fsp3) is 0.667. The molecule has 3 rings (SSSR count). The standard InChI is InChI=1S/C15H24N4S.HI/c16-15(18-13-3-1-2-4-13)17-7-9-19-8-5-14-12(11-19)6-10-20-14;/h6,10,13H,1-5,7-9,11H2,(H3,16,17,18);1H. The molecular formula is C15H25IN4S. The predicted octanol–water partition coefficient (Wildman–Crippen LogP) is 2.57. The molecule has 2 aliphatic rings. The van der Waals surface area contributed by atoms with Gasteiger partial charge in [-0.3, -0.25) is 9.89 Å². The van der Waals surface area contributed by atoms with Crippen LogP contribution in [-0.4, -0.2) is 36.5 Å². The van der Waals surface area contributed by atoms with Crippen LogP contribution in [0.4, 0.5) is 0 Å². The summed E-state index contributed by atoms with van der Waals surface area (Å²) in [6, 6.07) is 2.81. The summed E-state index contributed by atoms with van der Waals surface area (Å²) in [4.78, 5) is 8.51. The van der Waals surface area contributed by atoms with Gasteiger partial charge in [-0.15, -0.1) is 35.3 Å². The highest BCUT2D eigenvalue weighted by Crippen LogP contribution is 2.23. The van der Waals surface area contributed by atoms with E-state index in [1.165, 1.54) is 37.7 Å². The van der Waals surface area contributed by atoms with Gasteiger partial charge in [-0.2, -0.15) is 0 Å². The molecule has 0 spiro atoms. The third-order valence-electron chi connectivity index (χ3n) is 4.29. The Hall–Kier alpha value is -0.340. The lowest BCUT2D eigenvalue weighted by Gasteiger charge is -2.26. The van der Waals surface area contributed by atoms with Crippen LogP contribution in [0.1, 0.15) is 36.1 Å². The van der Waals surface area contributed by atoms with E-state index in [2.05, 4.69) is 26.7 Å². The van der Waals surface area contributed by atoms with Crippen molar-refractivity contribution in [1.82, 2.24) is 10.2 Å². The summed E-state index contributed by atoms with van der Waals surface area (Å²) in [6.07, 6.45) is 6.31. The van der Waals surface area contributed by atoms with Crippen molar-refractivity contribution in [3.05, 3.63) is 21.9 Å². The summed E-state index contributed by atoms with van der Waals surface area (Å²) >= 11 is 1.89. The number of rotatable bonds is 4. The van der Waals surface area contributed by atoms with Crippen molar-refractivity contribution in [2.75, 3.05) is 19.6 Å². The number of nitrogens with one attached hydrogen (secondary N) is 1. The van der Waals surface area contributed by atoms with Crippen molar-refractivity contribution in [1.29, 1.82) is 0 Å². The van der Waals surface area contributed by atoms with E-state index >= 15 is 0 Å². The van der Waals surface area contributed by atoms with E-state index in [-0.39, 0.29) is 24.0 Å². The average molecular weight is 420 g/mol. The molecule has 1 aliphatic heterocycles. The molecule has 6 heteroatoms. The third kappa shape index (κ3) is 4.82. The molecule has 21 heavy (non-hydrogen) atoms. The first kappa shape index (κ1) is 17.0. The molecule has 4 nitrogen and oxygen atoms in total. The first-order valence-corrected chi connectivity index (χ1v) is 8.53. The fourth-order valence-electron chi connectivity index (χ4n) is 3.13. The minimum Gasteiger partial charge on any atom is -0.370 e. The molecule has 0 radical (unpaired) electrons. The zero-order valence-electron chi connectivity index (χ0n) is 12.4. The van der Waals surface area contributed by atoms with Crippen molar-refractivity contribution >= 4 is 41.3 Å². The van der Waals surface area contributed by atoms with E-state index in [4.69, 9.17) is 5.73 Å². The minimum atomic E-state index is 0. The summed E-state index contributed by atoms with van der Waals surface area (Å²) in [6.45, 7) is 4.02. The lowest BCUT2D eigenvalue weighted by atomic mass is 10.1. The Kier molecular flexibility index (Phi) is 6.75. The topological polar surface area (TPSA) is 53.6 Å². The Morgan fingerprint density at radius 1 is 1.43 bits per heavy atom. The molecule has 1 saturated carbocycles. The van der Waals surface area contributed by atoms with Gasteiger partial charge in [0.1, 0.15) is 0 Å². The zero-order valence-corrected chi connectivity index (χ0v) is 15.5. The highest BCUT2D eigenvalue weighted by atomic mass is 127. The maximum atomic E-state index is 5.95. The lowest BCUT2D eigenvalue weighted by Crippen LogP contribution is -2.39. The Balaban J connectivity index is 0.00000161. The Morgan fingerprint density at radius 2 is 2.24 bits per heavy atom. The van der Waals surface area contributed by atoms with Gasteiger partial charge >= 0.3 is 0 Å². The quantitative estimate of drug-likeness (QED) is 0.447. The van der Waals surface area contributed by atoms with E-state index in [1.807, 2.05) is 11.3 Å². The molecule has 0 amide bonds. The van der Waals surface area contributed by atoms with Crippen LogP contribution >= 0.6 is 35.3 Å². The SMILES string of the molecule is I.NC(=NCCN1CCc2sccc2C1)NC1CCCC1. The highest BCUT2D eigenvalue weighted by Gasteiger charge is 2.17. The molecule has 2 heterocycles. The fourth-order valence-corrected chi connectivity index (χ4v) is 4.02. The van der Waals surface area contributed by atoms with E-state index < -0.39 is 0 Å². The monoisotopic (exact) mass is 420 g/mol. The van der Waals surface area contributed by atoms with Crippen LogP contribution in [-0.2, 0) is 13.0 Å². The van der Waals surface area contributed by atoms with Gasteiger partial charge in [0.15, 0.2) is 5.96 Å². The molecule has 0 atom stereocenters. The Bertz CT molecular complexity index is 468. The van der Waals surface area contributed by atoms with Crippen LogP contribution in [0.3, 0.4) is 0 Å². The van der Waals surface area contributed by atoms with E-state index in [0.717, 1.165) is 26.2 Å². The highest BCUT2D eigenvalue weighted by molar-refractivity contribution is 14.0. The van der Waals surface area contributed by atoms with Gasteiger partial charge in [0.25, 0.3) is 0 Å². The first-order chi connectivity index (χ1) is 9.81. The van der Waals surface area contributed by atoms with Crippen LogP contribution in [0.2, 0.25) is 0 Å². The molecule has 1 aromatic rings. The second-order valence-corrected chi connectivity index (χ2v) is 6.79. The summed E-state index contributed by atoms with van der Waals surface area (Å²) in [5.41, 5.74) is 7.45. The predicted molar refractivity (Wildman–Crippen MR) is 101 cm³/mol. The largest absolute Gasteiger partial charge is 0.370 e. The Morgan fingerprint density at radius 3 is 3.05 bits per heavy atom. The van der Waals surface area contributed by atoms with Gasteiger partial charge in [-0.25, -0.2) is 0 Å². The third-order valence-corrected chi connectivity index (χ3v) is 5.32. The number of thiophene rings is 1. The maximum Gasteiger partial charge on any atom is 0.188 e. The van der Waals surface area contributed by atoms with Crippen molar-refractivity contribution in [3.63, 3.8) is 0 Å². The van der Waals surface area contributed by atoms with E-state index in [9.17, 15) is 0 Å². The zero-order chi connectivity index (χ0) is 13.8. The maximum absolute atomic E-state index is 5.95. The second kappa shape index (κ2) is 8.33. The van der Waals surface area contributed by atoms with Gasteiger partial charge in [0.05, 0.1) is 6.54 Å². The molecular weight excluding hydrogens is 395 g/mol. The van der Waals surface area contributed by atoms with Gasteiger partial charge in [0.2, 0.25) is 0 Å². The molecule has 0 saturated heterocycles. The molecule has 1 aromatic heterocycles. The molecule has 1 aliphatic carbocycles. The number of guanidine groups is 1. The van der Waals surface area contributed by atoms with Crippen molar-refractivity contribution in [3.8, 4) is 0 Å². The van der Waals surface area contributed by atoms with Crippen molar-refractivity contribution in [2.45, 2.75) is 44.7 Å². The summed E-state index contributed by atoms with van der Waals surface area (Å²) < 4.78 is 0. The van der Waals surface area contributed by atoms with Crippen LogP contribution < -0.4 is 11.1 Å². The van der Waals surface area contributed by atoms with Gasteiger partial charge in [0, 0.05) is 30.6 Å². The second-order valence-electron chi connectivity index (χ2n) is 5.79. The van der Waals surface area contributed by atoms with Gasteiger partial charge < -0.3 is 11.1 Å². The van der Waals surface area contributed by atoms with Crippen molar-refractivity contribution < 1.29 is 0 Å². The molecule has 118 valence electrons. The van der Waals surface area contributed by atoms with Gasteiger partial charge in [-0.05, 0) is 36.3 Å². The molecule has 0 bridgehead atoms. The lowest BCUT2D eigenvalue weighted by molar-refractivity contribution is 0.263. The summed E-state index contributed by atoms with van der Waals surface area (Å²) in [5.74, 6) is 0.630. The van der Waals surface area contributed by atoms with Gasteiger partial charge in [-0.1, -0.05) is 12.8 Å². The number of hydrogen-bond donors (Lipinski definition) is 2. The van der Waals surface area contributed by atoms with Crippen LogP contribution in [0.15, 0.2) is 16.4 Å². The normalized spacial score (nSPS) is 20.1. The minimum absolute atomic E-state index is 0. The number of nitrogens with two attached hydrogens (primary N) is 1. The molecule has 1 fully saturated rings. The number of halogens is 1. The van der Waals surface area contributed by atoms with Crippen LogP contribution in [0.25, 0.3) is 0 Å². The first-order valence-electron chi connectivity index (χ1n) is 7.65. The molecule has 0 unspecified atom stereocenters. The van der Waals surface area contributed by atoms with E-state index in [1.54, 1.807) is 4.88 Å². The Labute approximate surface area is 148 Å². The average Bonchev–Trinajstić information content (AvgIpc) is 3.09. The number of nitrogens with zero attached hydrogens (tertiary/aromatic N) is 2. The molecule has 0 aromatic carbocycles. The van der Waals surface area contributed by atoms with Crippen LogP contribution in [0.5, 0.6) is 0 Å². The number of aliphatic imine (C=N–C) groups is 1. The summed E-state index contributed by atoms with van der Waals surface area (Å²) in [7, 11) is 0. The molecule has 3 N–H and O–H groups in total. The van der Waals surface area contributed by atoms with Crippen LogP contribution in [0, 0.1) is 0 Å². The smallest absolute Gasteiger partial charge is 0.188 e. The van der Waals surface area contributed by atoms with Crippen molar-refractivity contribution in [2.24, 2.45) is 10.7 Å². The van der Waals surface area contributed by atoms with E-state index in [0.29, 0.717) is 12.0 Å². The number of fused-ring (bicyclic) bond motifs is 1.